The summed E-state index contributed by atoms with van der Waals surface area (Å²) < 4.78 is 58.4. The fraction of sp³-hybridized carbons (Fsp3) is 0.945. The van der Waals surface area contributed by atoms with E-state index in [2.05, 4.69) is 26.0 Å². The summed E-state index contributed by atoms with van der Waals surface area (Å²) in [5, 5.41) is 107. The van der Waals surface area contributed by atoms with Gasteiger partial charge in [-0.15, -0.1) is 0 Å². The molecule has 3 fully saturated rings. The van der Waals surface area contributed by atoms with Crippen LogP contribution < -0.4 is 5.73 Å². The largest absolute Gasteiger partial charge is 0.472 e. The number of carbonyl (C=O) groups excluding carboxylic acids is 1. The van der Waals surface area contributed by atoms with Gasteiger partial charge in [-0.05, 0) is 38.5 Å². The molecule has 22 nitrogen and oxygen atoms in total. The lowest BCUT2D eigenvalue weighted by Gasteiger charge is -2.49. The van der Waals surface area contributed by atoms with E-state index in [0.29, 0.717) is 19.4 Å². The molecule has 78 heavy (non-hydrogen) atoms. The van der Waals surface area contributed by atoms with Gasteiger partial charge in [0.2, 0.25) is 0 Å². The highest BCUT2D eigenvalue weighted by Gasteiger charge is 2.58. The number of hydrogen-bond acceptors (Lipinski definition) is 21. The molecule has 460 valence electrons. The van der Waals surface area contributed by atoms with Gasteiger partial charge < -0.3 is 90.1 Å². The standard InChI is InChI=1S/C55H104NO21P/c1-3-5-7-9-11-13-15-17-18-19-21-23-25-27-29-31-33-70-36-38(59)37-71-78(68,69)77-53-51(74-41(60)32-30-28-26-24-22-20-16-14-12-10-8-6-4-2)47(65)46(64)48(66)52(53)76-54-42(56)44(62)50(40(35-58)73-54)75-55-49(67)45(63)43(61)39(34-57)72-55/h14,16,38-40,42-55,57-59,61-67H,3-13,15,17-37,56H2,1-2H3,(H,68,69)/b16-14-/t38-,39+,40+,42+,43+,44+,45-,46+,47+,48-,49-,50+,51+,52+,53+,54+,55+/m0/s1. The van der Waals surface area contributed by atoms with Gasteiger partial charge in [-0.2, -0.15) is 0 Å². The first-order chi connectivity index (χ1) is 37.5. The van der Waals surface area contributed by atoms with Crippen LogP contribution in [0.3, 0.4) is 0 Å². The molecule has 0 radical (unpaired) electrons. The Labute approximate surface area is 463 Å². The molecule has 2 aliphatic heterocycles. The summed E-state index contributed by atoms with van der Waals surface area (Å²) >= 11 is 0. The maximum Gasteiger partial charge on any atom is 0.472 e. The normalized spacial score (nSPS) is 31.9. The topological polar surface area (TPSA) is 357 Å². The van der Waals surface area contributed by atoms with Crippen LogP contribution in [0, 0.1) is 0 Å². The Morgan fingerprint density at radius 1 is 0.538 bits per heavy atom. The highest BCUT2D eigenvalue weighted by Crippen LogP contribution is 2.48. The minimum atomic E-state index is -5.36. The van der Waals surface area contributed by atoms with Gasteiger partial charge in [0.15, 0.2) is 18.7 Å². The summed E-state index contributed by atoms with van der Waals surface area (Å²) in [5.41, 5.74) is 6.34. The number of carbonyl (C=O) groups is 1. The number of aliphatic hydroxyl groups excluding tert-OH is 10. The van der Waals surface area contributed by atoms with Crippen LogP contribution in [0.25, 0.3) is 0 Å². The molecule has 0 aromatic carbocycles. The van der Waals surface area contributed by atoms with Gasteiger partial charge >= 0.3 is 13.8 Å². The number of esters is 1. The second-order valence-corrected chi connectivity index (χ2v) is 23.0. The van der Waals surface area contributed by atoms with Crippen molar-refractivity contribution in [2.75, 3.05) is 33.0 Å². The zero-order chi connectivity index (χ0) is 57.3. The van der Waals surface area contributed by atoms with E-state index in [1.54, 1.807) is 0 Å². The number of hydrogen-bond donors (Lipinski definition) is 12. The fourth-order valence-electron chi connectivity index (χ4n) is 10.0. The maximum atomic E-state index is 13.7. The van der Waals surface area contributed by atoms with E-state index in [1.165, 1.54) is 103 Å². The molecule has 0 amide bonds. The van der Waals surface area contributed by atoms with Crippen molar-refractivity contribution in [1.29, 1.82) is 0 Å². The van der Waals surface area contributed by atoms with Crippen molar-refractivity contribution in [3.63, 3.8) is 0 Å². The number of nitrogens with two attached hydrogens (primary N) is 1. The fourth-order valence-corrected chi connectivity index (χ4v) is 11.0. The van der Waals surface area contributed by atoms with E-state index in [9.17, 15) is 65.3 Å². The van der Waals surface area contributed by atoms with Crippen molar-refractivity contribution in [3.05, 3.63) is 12.2 Å². The molecular weight excluding hydrogens is 1040 g/mol. The first kappa shape index (κ1) is 70.9. The van der Waals surface area contributed by atoms with Crippen molar-refractivity contribution >= 4 is 13.8 Å². The summed E-state index contributed by atoms with van der Waals surface area (Å²) in [7, 11) is -5.36. The molecule has 18 atom stereocenters. The predicted octanol–water partition coefficient (Wildman–Crippen LogP) is 4.37. The van der Waals surface area contributed by atoms with Crippen molar-refractivity contribution in [2.45, 2.75) is 298 Å². The maximum absolute atomic E-state index is 13.7. The van der Waals surface area contributed by atoms with Gasteiger partial charge in [0.25, 0.3) is 0 Å². The number of unbranched alkanes of at least 4 members (excludes halogenated alkanes) is 24. The molecule has 0 aromatic heterocycles. The van der Waals surface area contributed by atoms with Gasteiger partial charge in [-0.3, -0.25) is 13.8 Å². The Morgan fingerprint density at radius 3 is 1.55 bits per heavy atom. The first-order valence-corrected chi connectivity index (χ1v) is 31.1. The minimum Gasteiger partial charge on any atom is -0.457 e. The molecule has 0 bridgehead atoms. The van der Waals surface area contributed by atoms with Crippen molar-refractivity contribution in [1.82, 2.24) is 0 Å². The van der Waals surface area contributed by atoms with E-state index < -0.39 is 138 Å². The summed E-state index contributed by atoms with van der Waals surface area (Å²) in [5.74, 6) is -0.888. The van der Waals surface area contributed by atoms with Crippen LogP contribution in [0.15, 0.2) is 12.2 Å². The van der Waals surface area contributed by atoms with E-state index >= 15 is 0 Å². The second-order valence-electron chi connectivity index (χ2n) is 21.6. The number of phosphoric ester groups is 1. The van der Waals surface area contributed by atoms with Gasteiger partial charge in [0, 0.05) is 13.0 Å². The van der Waals surface area contributed by atoms with Crippen LogP contribution in [-0.2, 0) is 46.8 Å². The minimum absolute atomic E-state index is 0.159. The molecule has 3 rings (SSSR count). The number of aliphatic hydroxyl groups is 10. The monoisotopic (exact) mass is 1150 g/mol. The molecule has 2 heterocycles. The number of allylic oxidation sites excluding steroid dienone is 2. The average Bonchev–Trinajstić information content (AvgIpc) is 3.49. The molecule has 23 heteroatoms. The third kappa shape index (κ3) is 26.1. The predicted molar refractivity (Wildman–Crippen MR) is 288 cm³/mol. The lowest BCUT2D eigenvalue weighted by atomic mass is 9.84. The lowest BCUT2D eigenvalue weighted by molar-refractivity contribution is -0.356. The quantitative estimate of drug-likeness (QED) is 0.0174. The second kappa shape index (κ2) is 40.8. The van der Waals surface area contributed by atoms with Crippen LogP contribution in [-0.4, -0.2) is 199 Å². The molecule has 1 unspecified atom stereocenters. The number of rotatable bonds is 44. The molecular formula is C55H104NO21P. The van der Waals surface area contributed by atoms with Gasteiger partial charge in [-0.1, -0.05) is 161 Å². The summed E-state index contributed by atoms with van der Waals surface area (Å²) in [6.07, 6.45) is 4.60. The van der Waals surface area contributed by atoms with Crippen LogP contribution in [0.2, 0.25) is 0 Å². The van der Waals surface area contributed by atoms with E-state index in [0.717, 1.165) is 57.8 Å². The van der Waals surface area contributed by atoms with E-state index in [1.807, 2.05) is 0 Å². The zero-order valence-corrected chi connectivity index (χ0v) is 47.7. The van der Waals surface area contributed by atoms with Gasteiger partial charge in [0.1, 0.15) is 79.4 Å². The summed E-state index contributed by atoms with van der Waals surface area (Å²) in [4.78, 5) is 24.4. The molecule has 0 spiro atoms. The highest BCUT2D eigenvalue weighted by atomic mass is 31.2. The number of phosphoric acid groups is 1. The molecule has 3 aliphatic rings. The van der Waals surface area contributed by atoms with Crippen LogP contribution in [0.5, 0.6) is 0 Å². The Balaban J connectivity index is 1.60. The smallest absolute Gasteiger partial charge is 0.457 e. The Kier molecular flexibility index (Phi) is 37.1. The molecule has 1 saturated carbocycles. The van der Waals surface area contributed by atoms with Gasteiger partial charge in [0.05, 0.1) is 32.5 Å². The lowest BCUT2D eigenvalue weighted by Crippen LogP contribution is -2.70. The van der Waals surface area contributed by atoms with Crippen molar-refractivity contribution in [3.8, 4) is 0 Å². The van der Waals surface area contributed by atoms with Crippen LogP contribution in [0.4, 0.5) is 0 Å². The van der Waals surface area contributed by atoms with E-state index in [-0.39, 0.29) is 13.0 Å². The van der Waals surface area contributed by atoms with Crippen molar-refractivity contribution in [2.24, 2.45) is 5.73 Å². The number of ether oxygens (including phenoxy) is 6. The summed E-state index contributed by atoms with van der Waals surface area (Å²) in [6.45, 7) is 2.00. The zero-order valence-electron chi connectivity index (χ0n) is 46.8. The Bertz CT molecular complexity index is 1600. The first-order valence-electron chi connectivity index (χ1n) is 29.6. The third-order valence-corrected chi connectivity index (χ3v) is 15.9. The third-order valence-electron chi connectivity index (χ3n) is 14.9. The van der Waals surface area contributed by atoms with Crippen molar-refractivity contribution < 1.29 is 103 Å². The van der Waals surface area contributed by atoms with Crippen LogP contribution >= 0.6 is 7.82 Å². The Morgan fingerprint density at radius 2 is 1.00 bits per heavy atom. The van der Waals surface area contributed by atoms with Crippen LogP contribution in [0.1, 0.15) is 194 Å². The Hall–Kier alpha value is -1.32. The molecule has 0 aromatic rings. The highest BCUT2D eigenvalue weighted by molar-refractivity contribution is 7.47. The summed E-state index contributed by atoms with van der Waals surface area (Å²) in [6, 6.07) is -1.70. The van der Waals surface area contributed by atoms with E-state index in [4.69, 9.17) is 43.2 Å². The molecule has 1 aliphatic carbocycles. The average molecular weight is 1150 g/mol. The molecule has 2 saturated heterocycles. The SMILES string of the molecule is CCCCCC/C=C\CCCCCCCC(=O)O[C@@H]1[C@H](O)[C@@H](O)[C@H](O)[C@@H](O[C@H]2O[C@H](CO)[C@@H](O[C@H]3O[C@H](CO)[C@@H](O)[C@H](O)[C@@H]3O)[C@H](O)[C@H]2N)[C@@H]1OP(=O)(O)OC[C@@H](O)COCCCCCCCCCCCCCCCCCC. The van der Waals surface area contributed by atoms with Gasteiger partial charge in [-0.25, -0.2) is 4.57 Å². The molecule has 13 N–H and O–H groups in total.